The van der Waals surface area contributed by atoms with Gasteiger partial charge < -0.3 is 5.32 Å². The van der Waals surface area contributed by atoms with Crippen LogP contribution in [0.15, 0.2) is 36.4 Å². The van der Waals surface area contributed by atoms with E-state index in [4.69, 9.17) is 11.6 Å². The van der Waals surface area contributed by atoms with Gasteiger partial charge in [-0.3, -0.25) is 4.79 Å². The number of carbonyl (C=O) groups excluding carboxylic acids is 1. The minimum absolute atomic E-state index is 0.104. The van der Waals surface area contributed by atoms with Crippen LogP contribution < -0.4 is 5.32 Å². The lowest BCUT2D eigenvalue weighted by Crippen LogP contribution is -2.39. The molecule has 0 aliphatic carbocycles. The summed E-state index contributed by atoms with van der Waals surface area (Å²) < 4.78 is 13.7. The zero-order valence-electron chi connectivity index (χ0n) is 11.5. The summed E-state index contributed by atoms with van der Waals surface area (Å²) in [6, 6.07) is 9.69. The molecule has 1 unspecified atom stereocenters. The van der Waals surface area contributed by atoms with Gasteiger partial charge in [0.25, 0.3) is 5.91 Å². The maximum atomic E-state index is 13.7. The third-order valence-corrected chi connectivity index (χ3v) is 3.74. The first-order valence-electron chi connectivity index (χ1n) is 6.58. The standard InChI is InChI=1S/C16H17ClFNO/c1-10(2)15(9-17)19-16(20)13-7-8-14(18)12-6-4-3-5-11(12)13/h3-8,10,15H,9H2,1-2H3,(H,19,20). The molecule has 0 aliphatic rings. The largest absolute Gasteiger partial charge is 0.348 e. The molecule has 0 spiro atoms. The molecule has 2 nitrogen and oxygen atoms in total. The van der Waals surface area contributed by atoms with Crippen molar-refractivity contribution >= 4 is 28.3 Å². The zero-order valence-corrected chi connectivity index (χ0v) is 12.2. The number of benzene rings is 2. The van der Waals surface area contributed by atoms with Crippen LogP contribution in [0.2, 0.25) is 0 Å². The summed E-state index contributed by atoms with van der Waals surface area (Å²) >= 11 is 5.86. The van der Waals surface area contributed by atoms with Gasteiger partial charge in [-0.15, -0.1) is 11.6 Å². The van der Waals surface area contributed by atoms with Gasteiger partial charge in [-0.2, -0.15) is 0 Å². The quantitative estimate of drug-likeness (QED) is 0.849. The highest BCUT2D eigenvalue weighted by Gasteiger charge is 2.18. The first-order valence-corrected chi connectivity index (χ1v) is 7.12. The molecule has 0 bridgehead atoms. The number of fused-ring (bicyclic) bond motifs is 1. The summed E-state index contributed by atoms with van der Waals surface area (Å²) in [6.45, 7) is 3.99. The smallest absolute Gasteiger partial charge is 0.252 e. The lowest BCUT2D eigenvalue weighted by Gasteiger charge is -2.20. The number of nitrogens with one attached hydrogen (secondary N) is 1. The van der Waals surface area contributed by atoms with Crippen molar-refractivity contribution in [1.29, 1.82) is 0 Å². The van der Waals surface area contributed by atoms with Gasteiger partial charge in [0.1, 0.15) is 5.82 Å². The van der Waals surface area contributed by atoms with E-state index in [1.165, 1.54) is 12.1 Å². The van der Waals surface area contributed by atoms with Crippen LogP contribution in [0.3, 0.4) is 0 Å². The Labute approximate surface area is 122 Å². The Kier molecular flexibility index (Phi) is 4.61. The molecule has 0 aliphatic heterocycles. The van der Waals surface area contributed by atoms with Gasteiger partial charge in [-0.05, 0) is 23.4 Å². The number of amides is 1. The van der Waals surface area contributed by atoms with Crippen molar-refractivity contribution < 1.29 is 9.18 Å². The van der Waals surface area contributed by atoms with Crippen molar-refractivity contribution in [3.63, 3.8) is 0 Å². The van der Waals surface area contributed by atoms with Crippen molar-refractivity contribution in [2.45, 2.75) is 19.9 Å². The Morgan fingerprint density at radius 2 is 1.85 bits per heavy atom. The minimum Gasteiger partial charge on any atom is -0.348 e. The molecule has 0 saturated heterocycles. The molecule has 0 aromatic heterocycles. The van der Waals surface area contributed by atoms with Gasteiger partial charge in [-0.25, -0.2) is 4.39 Å². The average molecular weight is 294 g/mol. The fourth-order valence-electron chi connectivity index (χ4n) is 2.09. The normalized spacial score (nSPS) is 12.7. The highest BCUT2D eigenvalue weighted by atomic mass is 35.5. The van der Waals surface area contributed by atoms with Crippen molar-refractivity contribution in [3.8, 4) is 0 Å². The number of halogens is 2. The molecule has 0 saturated carbocycles. The molecule has 1 atom stereocenters. The molecule has 1 N–H and O–H groups in total. The Morgan fingerprint density at radius 3 is 2.45 bits per heavy atom. The van der Waals surface area contributed by atoms with Gasteiger partial charge in [-0.1, -0.05) is 38.1 Å². The maximum absolute atomic E-state index is 13.7. The summed E-state index contributed by atoms with van der Waals surface area (Å²) in [4.78, 5) is 12.4. The summed E-state index contributed by atoms with van der Waals surface area (Å²) in [5, 5.41) is 3.96. The summed E-state index contributed by atoms with van der Waals surface area (Å²) in [7, 11) is 0. The van der Waals surface area contributed by atoms with Crippen LogP contribution in [0.1, 0.15) is 24.2 Å². The summed E-state index contributed by atoms with van der Waals surface area (Å²) in [5.41, 5.74) is 0.470. The predicted octanol–water partition coefficient (Wildman–Crippen LogP) is 3.97. The first kappa shape index (κ1) is 14.8. The topological polar surface area (TPSA) is 29.1 Å². The molecular weight excluding hydrogens is 277 g/mol. The fourth-order valence-corrected chi connectivity index (χ4v) is 2.52. The van der Waals surface area contributed by atoms with Gasteiger partial charge in [0, 0.05) is 22.9 Å². The van der Waals surface area contributed by atoms with E-state index in [1.54, 1.807) is 24.3 Å². The van der Waals surface area contributed by atoms with Crippen LogP contribution in [0.4, 0.5) is 4.39 Å². The predicted molar refractivity (Wildman–Crippen MR) is 80.7 cm³/mol. The molecule has 20 heavy (non-hydrogen) atoms. The van der Waals surface area contributed by atoms with E-state index in [1.807, 2.05) is 13.8 Å². The molecule has 0 fully saturated rings. The second kappa shape index (κ2) is 6.23. The second-order valence-corrected chi connectivity index (χ2v) is 5.43. The van der Waals surface area contributed by atoms with Gasteiger partial charge in [0.2, 0.25) is 0 Å². The van der Waals surface area contributed by atoms with Crippen molar-refractivity contribution in [2.75, 3.05) is 5.88 Å². The summed E-state index contributed by atoms with van der Waals surface area (Å²) in [6.07, 6.45) is 0. The maximum Gasteiger partial charge on any atom is 0.252 e. The fraction of sp³-hybridized carbons (Fsp3) is 0.312. The lowest BCUT2D eigenvalue weighted by atomic mass is 10.0. The van der Waals surface area contributed by atoms with E-state index in [-0.39, 0.29) is 23.7 Å². The number of rotatable bonds is 4. The highest BCUT2D eigenvalue weighted by molar-refractivity contribution is 6.18. The van der Waals surface area contributed by atoms with Crippen LogP contribution in [-0.4, -0.2) is 17.8 Å². The molecule has 2 aromatic rings. The van der Waals surface area contributed by atoms with E-state index in [0.717, 1.165) is 0 Å². The number of alkyl halides is 1. The van der Waals surface area contributed by atoms with Gasteiger partial charge in [0.15, 0.2) is 0 Å². The monoisotopic (exact) mass is 293 g/mol. The van der Waals surface area contributed by atoms with E-state index in [0.29, 0.717) is 22.2 Å². The third kappa shape index (κ3) is 2.93. The van der Waals surface area contributed by atoms with E-state index in [9.17, 15) is 9.18 Å². The molecule has 2 rings (SSSR count). The average Bonchev–Trinajstić information content (AvgIpc) is 2.45. The van der Waals surface area contributed by atoms with Gasteiger partial charge in [0.05, 0.1) is 0 Å². The molecule has 4 heteroatoms. The van der Waals surface area contributed by atoms with E-state index < -0.39 is 0 Å². The Bertz CT molecular complexity index is 627. The minimum atomic E-state index is -0.324. The highest BCUT2D eigenvalue weighted by Crippen LogP contribution is 2.22. The van der Waals surface area contributed by atoms with Crippen LogP contribution in [0, 0.1) is 11.7 Å². The van der Waals surface area contributed by atoms with Crippen molar-refractivity contribution in [1.82, 2.24) is 5.32 Å². The SMILES string of the molecule is CC(C)C(CCl)NC(=O)c1ccc(F)c2ccccc12. The van der Waals surface area contributed by atoms with E-state index >= 15 is 0 Å². The molecule has 106 valence electrons. The molecule has 0 heterocycles. The van der Waals surface area contributed by atoms with Crippen molar-refractivity contribution in [3.05, 3.63) is 47.8 Å². The van der Waals surface area contributed by atoms with Gasteiger partial charge >= 0.3 is 0 Å². The molecule has 0 radical (unpaired) electrons. The summed E-state index contributed by atoms with van der Waals surface area (Å²) in [5.74, 6) is 0.0429. The first-order chi connectivity index (χ1) is 9.54. The van der Waals surface area contributed by atoms with Crippen LogP contribution in [0.5, 0.6) is 0 Å². The van der Waals surface area contributed by atoms with E-state index in [2.05, 4.69) is 5.32 Å². The lowest BCUT2D eigenvalue weighted by molar-refractivity contribution is 0.0933. The molecule has 1 amide bonds. The van der Waals surface area contributed by atoms with Crippen molar-refractivity contribution in [2.24, 2.45) is 5.92 Å². The van der Waals surface area contributed by atoms with Crippen LogP contribution in [-0.2, 0) is 0 Å². The number of hydrogen-bond acceptors (Lipinski definition) is 1. The second-order valence-electron chi connectivity index (χ2n) is 5.12. The number of carbonyl (C=O) groups is 1. The number of hydrogen-bond donors (Lipinski definition) is 1. The Morgan fingerprint density at radius 1 is 1.20 bits per heavy atom. The molecular formula is C16H17ClFNO. The Hall–Kier alpha value is -1.61. The zero-order chi connectivity index (χ0) is 14.7. The van der Waals surface area contributed by atoms with Crippen LogP contribution in [0.25, 0.3) is 10.8 Å². The third-order valence-electron chi connectivity index (χ3n) is 3.40. The Balaban J connectivity index is 2.38. The van der Waals surface area contributed by atoms with Crippen LogP contribution >= 0.6 is 11.6 Å². The molecule has 2 aromatic carbocycles.